The fourth-order valence-corrected chi connectivity index (χ4v) is 3.25. The molecule has 1 fully saturated rings. The number of fused-ring (bicyclic) bond motifs is 1. The van der Waals surface area contributed by atoms with Crippen LogP contribution in [0.5, 0.6) is 0 Å². The van der Waals surface area contributed by atoms with E-state index in [1.807, 2.05) is 28.8 Å². The molecule has 2 aromatic rings. The maximum absolute atomic E-state index is 12.1. The third kappa shape index (κ3) is 5.43. The fraction of sp³-hybridized carbons (Fsp3) is 0.579. The number of rotatable bonds is 8. The first-order valence-electron chi connectivity index (χ1n) is 9.39. The van der Waals surface area contributed by atoms with Crippen LogP contribution in [0.1, 0.15) is 19.8 Å². The minimum Gasteiger partial charge on any atom is -0.464 e. The van der Waals surface area contributed by atoms with Crippen LogP contribution in [0, 0.1) is 5.41 Å². The Hall–Kier alpha value is -1.64. The summed E-state index contributed by atoms with van der Waals surface area (Å²) in [5, 5.41) is 8.57. The van der Waals surface area contributed by atoms with Gasteiger partial charge in [-0.25, -0.2) is 0 Å². The van der Waals surface area contributed by atoms with Gasteiger partial charge in [-0.05, 0) is 18.6 Å². The standard InChI is InChI=1S/C19H28N4O3.BrH/c1-2-3-12-26-18(24)15-23-17-7-5-4-6-16(17)22(19(23)20)9-8-21-10-13-25-14-11-21;/h4-7,20H,2-3,8-15H2,1H3;1H. The largest absolute Gasteiger partial charge is 0.464 e. The number of halogens is 1. The first-order valence-corrected chi connectivity index (χ1v) is 9.39. The highest BCUT2D eigenvalue weighted by atomic mass is 79.9. The molecule has 0 atom stereocenters. The Balaban J connectivity index is 0.00000261. The van der Waals surface area contributed by atoms with E-state index >= 15 is 0 Å². The zero-order chi connectivity index (χ0) is 18.4. The quantitative estimate of drug-likeness (QED) is 0.504. The Labute approximate surface area is 170 Å². The summed E-state index contributed by atoms with van der Waals surface area (Å²) in [4.78, 5) is 14.5. The van der Waals surface area contributed by atoms with Gasteiger partial charge >= 0.3 is 5.97 Å². The van der Waals surface area contributed by atoms with Gasteiger partial charge in [0.05, 0.1) is 30.9 Å². The summed E-state index contributed by atoms with van der Waals surface area (Å²) in [5.41, 5.74) is 2.21. The van der Waals surface area contributed by atoms with E-state index in [1.165, 1.54) is 0 Å². The molecule has 0 amide bonds. The topological polar surface area (TPSA) is 72.5 Å². The van der Waals surface area contributed by atoms with Crippen molar-refractivity contribution >= 4 is 34.0 Å². The fourth-order valence-electron chi connectivity index (χ4n) is 3.25. The average molecular weight is 441 g/mol. The van der Waals surface area contributed by atoms with Crippen LogP contribution < -0.4 is 5.62 Å². The van der Waals surface area contributed by atoms with E-state index in [-0.39, 0.29) is 29.5 Å². The van der Waals surface area contributed by atoms with E-state index in [1.54, 1.807) is 4.57 Å². The van der Waals surface area contributed by atoms with Crippen molar-refractivity contribution in [3.63, 3.8) is 0 Å². The van der Waals surface area contributed by atoms with E-state index < -0.39 is 0 Å². The van der Waals surface area contributed by atoms with Crippen LogP contribution in [0.15, 0.2) is 24.3 Å². The highest BCUT2D eigenvalue weighted by Gasteiger charge is 2.16. The van der Waals surface area contributed by atoms with Crippen LogP contribution in [-0.2, 0) is 27.4 Å². The molecule has 27 heavy (non-hydrogen) atoms. The molecule has 8 heteroatoms. The predicted molar refractivity (Wildman–Crippen MR) is 109 cm³/mol. The Morgan fingerprint density at radius 1 is 1.15 bits per heavy atom. The van der Waals surface area contributed by atoms with Crippen LogP contribution in [0.2, 0.25) is 0 Å². The van der Waals surface area contributed by atoms with Gasteiger partial charge in [-0.3, -0.25) is 19.7 Å². The maximum Gasteiger partial charge on any atom is 0.326 e. The highest BCUT2D eigenvalue weighted by Crippen LogP contribution is 2.13. The molecule has 7 nitrogen and oxygen atoms in total. The number of aromatic nitrogens is 2. The van der Waals surface area contributed by atoms with E-state index in [0.717, 1.165) is 63.3 Å². The van der Waals surface area contributed by atoms with Gasteiger partial charge in [-0.1, -0.05) is 25.5 Å². The van der Waals surface area contributed by atoms with Crippen molar-refractivity contribution in [2.75, 3.05) is 39.5 Å². The molecule has 1 aromatic heterocycles. The van der Waals surface area contributed by atoms with Crippen molar-refractivity contribution in [2.45, 2.75) is 32.9 Å². The van der Waals surface area contributed by atoms with Crippen LogP contribution in [0.3, 0.4) is 0 Å². The second-order valence-corrected chi connectivity index (χ2v) is 6.58. The zero-order valence-corrected chi connectivity index (χ0v) is 17.6. The van der Waals surface area contributed by atoms with Gasteiger partial charge in [0, 0.05) is 26.2 Å². The number of carbonyl (C=O) groups excluding carboxylic acids is 1. The van der Waals surface area contributed by atoms with E-state index in [9.17, 15) is 4.79 Å². The highest BCUT2D eigenvalue weighted by molar-refractivity contribution is 8.93. The summed E-state index contributed by atoms with van der Waals surface area (Å²) in [5.74, 6) is -0.284. The number of carbonyl (C=O) groups is 1. The molecule has 0 bridgehead atoms. The van der Waals surface area contributed by atoms with Gasteiger partial charge in [-0.2, -0.15) is 0 Å². The van der Waals surface area contributed by atoms with Crippen LogP contribution in [0.25, 0.3) is 11.0 Å². The summed E-state index contributed by atoms with van der Waals surface area (Å²) >= 11 is 0. The van der Waals surface area contributed by atoms with Crippen molar-refractivity contribution < 1.29 is 14.3 Å². The molecule has 150 valence electrons. The molecule has 0 aliphatic carbocycles. The molecule has 0 spiro atoms. The van der Waals surface area contributed by atoms with Crippen molar-refractivity contribution in [3.05, 3.63) is 29.9 Å². The first-order chi connectivity index (χ1) is 12.7. The number of hydrogen-bond acceptors (Lipinski definition) is 5. The second-order valence-electron chi connectivity index (χ2n) is 6.58. The molecule has 1 N–H and O–H groups in total. The van der Waals surface area contributed by atoms with Gasteiger partial charge in [0.25, 0.3) is 0 Å². The molecule has 1 aliphatic heterocycles. The third-order valence-electron chi connectivity index (χ3n) is 4.77. The number of para-hydroxylation sites is 2. The number of esters is 1. The predicted octanol–water partition coefficient (Wildman–Crippen LogP) is 2.18. The van der Waals surface area contributed by atoms with Crippen molar-refractivity contribution in [1.29, 1.82) is 5.41 Å². The Morgan fingerprint density at radius 2 is 1.81 bits per heavy atom. The minimum absolute atomic E-state index is 0. The summed E-state index contributed by atoms with van der Waals surface area (Å²) in [6, 6.07) is 7.87. The second kappa shape index (κ2) is 10.6. The lowest BCUT2D eigenvalue weighted by Gasteiger charge is -2.26. The number of morpholine rings is 1. The number of unbranched alkanes of at least 4 members (excludes halogenated alkanes) is 1. The van der Waals surface area contributed by atoms with Crippen molar-refractivity contribution in [1.82, 2.24) is 14.0 Å². The summed E-state index contributed by atoms with van der Waals surface area (Å²) < 4.78 is 14.4. The molecular weight excluding hydrogens is 412 g/mol. The van der Waals surface area contributed by atoms with E-state index in [4.69, 9.17) is 14.9 Å². The normalized spacial score (nSPS) is 14.9. The van der Waals surface area contributed by atoms with Gasteiger partial charge in [0.15, 0.2) is 0 Å². The number of benzene rings is 1. The van der Waals surface area contributed by atoms with Crippen molar-refractivity contribution in [2.24, 2.45) is 0 Å². The molecule has 1 saturated heterocycles. The van der Waals surface area contributed by atoms with Gasteiger partial charge in [0.2, 0.25) is 5.62 Å². The lowest BCUT2D eigenvalue weighted by Crippen LogP contribution is -2.39. The number of nitrogens with zero attached hydrogens (tertiary/aromatic N) is 3. The molecular formula is C19H29BrN4O3. The Kier molecular flexibility index (Phi) is 8.53. The first kappa shape index (κ1) is 21.7. The molecule has 2 heterocycles. The SMILES string of the molecule is Br.CCCCOC(=O)Cn1c(=N)n(CCN2CCOCC2)c2ccccc21. The van der Waals surface area contributed by atoms with Crippen molar-refractivity contribution in [3.8, 4) is 0 Å². The molecule has 0 unspecified atom stereocenters. The minimum atomic E-state index is -0.284. The van der Waals surface area contributed by atoms with Crippen LogP contribution in [0.4, 0.5) is 0 Å². The lowest BCUT2D eigenvalue weighted by atomic mass is 10.3. The third-order valence-corrected chi connectivity index (χ3v) is 4.77. The lowest BCUT2D eigenvalue weighted by molar-refractivity contribution is -0.144. The van der Waals surface area contributed by atoms with E-state index in [0.29, 0.717) is 12.2 Å². The van der Waals surface area contributed by atoms with E-state index in [2.05, 4.69) is 11.8 Å². The summed E-state index contributed by atoms with van der Waals surface area (Å²) in [7, 11) is 0. The molecule has 1 aliphatic rings. The number of ether oxygens (including phenoxy) is 2. The van der Waals surface area contributed by atoms with Crippen LogP contribution >= 0.6 is 17.0 Å². The number of nitrogens with one attached hydrogen (secondary N) is 1. The summed E-state index contributed by atoms with van der Waals surface area (Å²) in [6.45, 7) is 7.56. The Bertz CT molecular complexity index is 796. The zero-order valence-electron chi connectivity index (χ0n) is 15.9. The molecule has 0 saturated carbocycles. The smallest absolute Gasteiger partial charge is 0.326 e. The maximum atomic E-state index is 12.1. The molecule has 3 rings (SSSR count). The average Bonchev–Trinajstić information content (AvgIpc) is 2.93. The monoisotopic (exact) mass is 440 g/mol. The number of hydrogen-bond donors (Lipinski definition) is 1. The Morgan fingerprint density at radius 3 is 2.48 bits per heavy atom. The van der Waals surface area contributed by atoms with Gasteiger partial charge in [-0.15, -0.1) is 17.0 Å². The van der Waals surface area contributed by atoms with Gasteiger partial charge in [0.1, 0.15) is 6.54 Å². The molecule has 0 radical (unpaired) electrons. The van der Waals surface area contributed by atoms with Gasteiger partial charge < -0.3 is 14.0 Å². The number of imidazole rings is 1. The summed E-state index contributed by atoms with van der Waals surface area (Å²) in [6.07, 6.45) is 1.86. The molecule has 1 aromatic carbocycles. The van der Waals surface area contributed by atoms with Crippen LogP contribution in [-0.4, -0.2) is 59.5 Å².